The summed E-state index contributed by atoms with van der Waals surface area (Å²) in [6.45, 7) is 0.766. The van der Waals surface area contributed by atoms with E-state index in [1.54, 1.807) is 48.3 Å². The lowest BCUT2D eigenvalue weighted by Gasteiger charge is -2.17. The van der Waals surface area contributed by atoms with Gasteiger partial charge in [0.25, 0.3) is 0 Å². The van der Waals surface area contributed by atoms with E-state index in [-0.39, 0.29) is 12.5 Å². The number of amides is 1. The number of likely N-dealkylation sites (N-methyl/N-ethyl adjacent to an activating group) is 1. The fraction of sp³-hybridized carbons (Fsp3) is 0.222. The number of rotatable bonds is 7. The highest BCUT2D eigenvalue weighted by Gasteiger charge is 2.14. The van der Waals surface area contributed by atoms with Crippen molar-refractivity contribution in [3.05, 3.63) is 58.6 Å². The van der Waals surface area contributed by atoms with Crippen LogP contribution in [0.3, 0.4) is 0 Å². The Bertz CT molecular complexity index is 914. The number of ether oxygens (including phenoxy) is 1. The summed E-state index contributed by atoms with van der Waals surface area (Å²) >= 11 is 12.0. The van der Waals surface area contributed by atoms with Crippen molar-refractivity contribution in [3.63, 3.8) is 0 Å². The van der Waals surface area contributed by atoms with E-state index < -0.39 is 0 Å². The number of hydrogen-bond acceptors (Lipinski definition) is 5. The zero-order chi connectivity index (χ0) is 19.2. The topological polar surface area (TPSA) is 73.1 Å². The van der Waals surface area contributed by atoms with E-state index >= 15 is 0 Å². The van der Waals surface area contributed by atoms with Crippen LogP contribution in [-0.4, -0.2) is 51.2 Å². The van der Waals surface area contributed by atoms with Crippen molar-refractivity contribution in [1.29, 1.82) is 0 Å². The Labute approximate surface area is 166 Å². The summed E-state index contributed by atoms with van der Waals surface area (Å²) in [6, 6.07) is 14.3. The molecule has 1 amide bonds. The molecule has 0 aliphatic rings. The van der Waals surface area contributed by atoms with Gasteiger partial charge in [0.2, 0.25) is 11.7 Å². The molecule has 0 aliphatic carbocycles. The molecule has 27 heavy (non-hydrogen) atoms. The van der Waals surface area contributed by atoms with Crippen molar-refractivity contribution in [1.82, 2.24) is 25.1 Å². The van der Waals surface area contributed by atoms with Crippen molar-refractivity contribution < 1.29 is 9.53 Å². The Kier molecular flexibility index (Phi) is 6.26. The van der Waals surface area contributed by atoms with Crippen molar-refractivity contribution >= 4 is 29.1 Å². The average Bonchev–Trinajstić information content (AvgIpc) is 3.11. The van der Waals surface area contributed by atoms with Gasteiger partial charge in [-0.25, -0.2) is 0 Å². The lowest BCUT2D eigenvalue weighted by Crippen LogP contribution is -2.34. The van der Waals surface area contributed by atoms with Crippen molar-refractivity contribution in [2.24, 2.45) is 0 Å². The monoisotopic (exact) mass is 405 g/mol. The van der Waals surface area contributed by atoms with Gasteiger partial charge in [0.05, 0.1) is 11.6 Å². The van der Waals surface area contributed by atoms with Crippen LogP contribution in [0.25, 0.3) is 11.4 Å². The first-order chi connectivity index (χ1) is 13.0. The number of hydrogen-bond donors (Lipinski definition) is 0. The van der Waals surface area contributed by atoms with E-state index in [0.717, 1.165) is 0 Å². The van der Waals surface area contributed by atoms with Crippen LogP contribution < -0.4 is 4.74 Å². The highest BCUT2D eigenvalue weighted by Crippen LogP contribution is 2.23. The maximum absolute atomic E-state index is 12.3. The Morgan fingerprint density at radius 1 is 1.15 bits per heavy atom. The van der Waals surface area contributed by atoms with Crippen LogP contribution in [0.2, 0.25) is 10.0 Å². The number of carbonyl (C=O) groups excluding carboxylic acids is 1. The van der Waals surface area contributed by atoms with Gasteiger partial charge in [-0.05, 0) is 41.6 Å². The molecule has 1 aromatic heterocycles. The smallest absolute Gasteiger partial charge is 0.246 e. The maximum Gasteiger partial charge on any atom is 0.246 e. The van der Waals surface area contributed by atoms with Crippen LogP contribution >= 0.6 is 23.2 Å². The molecule has 0 atom stereocenters. The minimum absolute atomic E-state index is 0.0190. The molecule has 9 heteroatoms. The van der Waals surface area contributed by atoms with E-state index in [2.05, 4.69) is 15.4 Å². The summed E-state index contributed by atoms with van der Waals surface area (Å²) in [5.41, 5.74) is 0.669. The lowest BCUT2D eigenvalue weighted by molar-refractivity contribution is -0.131. The van der Waals surface area contributed by atoms with E-state index in [4.69, 9.17) is 27.9 Å². The summed E-state index contributed by atoms with van der Waals surface area (Å²) in [5.74, 6) is 0.919. The van der Waals surface area contributed by atoms with Crippen LogP contribution in [0.4, 0.5) is 0 Å². The maximum atomic E-state index is 12.3. The molecule has 0 radical (unpaired) electrons. The molecule has 0 saturated carbocycles. The number of aromatic nitrogens is 4. The van der Waals surface area contributed by atoms with Gasteiger partial charge in [-0.15, -0.1) is 10.2 Å². The lowest BCUT2D eigenvalue weighted by atomic mass is 10.2. The molecule has 0 saturated heterocycles. The van der Waals surface area contributed by atoms with Gasteiger partial charge >= 0.3 is 0 Å². The summed E-state index contributed by atoms with van der Waals surface area (Å²) in [5, 5.41) is 13.3. The van der Waals surface area contributed by atoms with Gasteiger partial charge < -0.3 is 9.64 Å². The van der Waals surface area contributed by atoms with Crippen molar-refractivity contribution in [3.8, 4) is 17.1 Å². The molecule has 0 aliphatic heterocycles. The van der Waals surface area contributed by atoms with Crippen LogP contribution in [-0.2, 0) is 11.3 Å². The number of nitrogens with zero attached hydrogens (tertiary/aromatic N) is 5. The number of benzene rings is 2. The molecule has 7 nitrogen and oxygen atoms in total. The Morgan fingerprint density at radius 2 is 1.89 bits per heavy atom. The highest BCUT2D eigenvalue weighted by atomic mass is 35.5. The molecular weight excluding hydrogens is 389 g/mol. The third-order valence-corrected chi connectivity index (χ3v) is 4.36. The SMILES string of the molecule is CN(CCOc1ccc(Cl)cc1)C(=O)Cn1nnc(-c2ccccc2Cl)n1. The highest BCUT2D eigenvalue weighted by molar-refractivity contribution is 6.33. The molecule has 0 spiro atoms. The first-order valence-corrected chi connectivity index (χ1v) is 8.93. The number of carbonyl (C=O) groups is 1. The minimum atomic E-state index is -0.155. The number of tetrazole rings is 1. The van der Waals surface area contributed by atoms with Crippen LogP contribution in [0.1, 0.15) is 0 Å². The summed E-state index contributed by atoms with van der Waals surface area (Å²) < 4.78 is 5.59. The second kappa shape index (κ2) is 8.83. The fourth-order valence-corrected chi connectivity index (χ4v) is 2.60. The second-order valence-corrected chi connectivity index (χ2v) is 6.58. The van der Waals surface area contributed by atoms with Gasteiger partial charge in [0.1, 0.15) is 18.9 Å². The largest absolute Gasteiger partial charge is 0.492 e. The van der Waals surface area contributed by atoms with E-state index in [0.29, 0.717) is 40.3 Å². The Balaban J connectivity index is 1.51. The Morgan fingerprint density at radius 3 is 2.63 bits per heavy atom. The quantitative estimate of drug-likeness (QED) is 0.603. The zero-order valence-corrected chi connectivity index (χ0v) is 16.1. The fourth-order valence-electron chi connectivity index (χ4n) is 2.26. The van der Waals surface area contributed by atoms with Crippen molar-refractivity contribution in [2.75, 3.05) is 20.2 Å². The predicted octanol–water partition coefficient (Wildman–Crippen LogP) is 3.18. The predicted molar refractivity (Wildman–Crippen MR) is 103 cm³/mol. The van der Waals surface area contributed by atoms with E-state index in [9.17, 15) is 4.79 Å². The molecule has 3 rings (SSSR count). The number of halogens is 2. The molecule has 0 unspecified atom stereocenters. The molecule has 0 bridgehead atoms. The van der Waals surface area contributed by atoms with Crippen LogP contribution in [0, 0.1) is 0 Å². The first-order valence-electron chi connectivity index (χ1n) is 8.18. The second-order valence-electron chi connectivity index (χ2n) is 5.74. The summed E-state index contributed by atoms with van der Waals surface area (Å²) in [4.78, 5) is 15.1. The first kappa shape index (κ1) is 19.1. The Hall–Kier alpha value is -2.64. The molecule has 1 heterocycles. The molecule has 2 aromatic carbocycles. The molecule has 0 N–H and O–H groups in total. The zero-order valence-electron chi connectivity index (χ0n) is 14.5. The third-order valence-electron chi connectivity index (χ3n) is 3.78. The summed E-state index contributed by atoms with van der Waals surface area (Å²) in [6.07, 6.45) is 0. The van der Waals surface area contributed by atoms with Gasteiger partial charge in [-0.3, -0.25) is 4.79 Å². The minimum Gasteiger partial charge on any atom is -0.492 e. The molecule has 140 valence electrons. The normalized spacial score (nSPS) is 10.6. The molecule has 0 fully saturated rings. The van der Waals surface area contributed by atoms with E-state index in [1.807, 2.05) is 12.1 Å². The van der Waals surface area contributed by atoms with Gasteiger partial charge in [0, 0.05) is 17.6 Å². The average molecular weight is 406 g/mol. The van der Waals surface area contributed by atoms with E-state index in [1.165, 1.54) is 4.80 Å². The third kappa shape index (κ3) is 5.18. The summed E-state index contributed by atoms with van der Waals surface area (Å²) in [7, 11) is 1.69. The van der Waals surface area contributed by atoms with Crippen LogP contribution in [0.15, 0.2) is 48.5 Å². The molecule has 3 aromatic rings. The standard InChI is InChI=1S/C18H17Cl2N5O2/c1-24(10-11-27-14-8-6-13(19)7-9-14)17(26)12-25-22-18(21-23-25)15-4-2-3-5-16(15)20/h2-9H,10-12H2,1H3. The van der Waals surface area contributed by atoms with Crippen LogP contribution in [0.5, 0.6) is 5.75 Å². The van der Waals surface area contributed by atoms with Gasteiger partial charge in [-0.1, -0.05) is 35.3 Å². The van der Waals surface area contributed by atoms with Gasteiger partial charge in [-0.2, -0.15) is 4.80 Å². The molecular formula is C18H17Cl2N5O2. The van der Waals surface area contributed by atoms with Gasteiger partial charge in [0.15, 0.2) is 0 Å². The van der Waals surface area contributed by atoms with Crippen molar-refractivity contribution in [2.45, 2.75) is 6.54 Å².